The number of nitrogen functional groups attached to an aromatic ring is 1. The maximum Gasteiger partial charge on any atom is 0.340 e. The second kappa shape index (κ2) is 6.87. The van der Waals surface area contributed by atoms with Gasteiger partial charge in [-0.15, -0.1) is 0 Å². The van der Waals surface area contributed by atoms with Crippen molar-refractivity contribution in [3.05, 3.63) is 17.7 Å². The van der Waals surface area contributed by atoms with Crippen molar-refractivity contribution >= 4 is 11.7 Å². The van der Waals surface area contributed by atoms with Crippen LogP contribution in [0.15, 0.2) is 12.1 Å². The first-order valence-electron chi connectivity index (χ1n) is 6.39. The third-order valence-corrected chi connectivity index (χ3v) is 2.27. The Kier molecular flexibility index (Phi) is 5.48. The lowest BCUT2D eigenvalue weighted by atomic mass is 10.1. The third-order valence-electron chi connectivity index (χ3n) is 2.27. The van der Waals surface area contributed by atoms with E-state index in [0.717, 1.165) is 0 Å². The second-order valence-electron chi connectivity index (χ2n) is 4.21. The lowest BCUT2D eigenvalue weighted by Crippen LogP contribution is -2.12. The van der Waals surface area contributed by atoms with E-state index in [9.17, 15) is 4.79 Å². The summed E-state index contributed by atoms with van der Waals surface area (Å²) in [7, 11) is 0. The fraction of sp³-hybridized carbons (Fsp3) is 0.500. The molecule has 0 atom stereocenters. The number of anilines is 1. The average molecular weight is 267 g/mol. The summed E-state index contributed by atoms with van der Waals surface area (Å²) in [4.78, 5) is 11.8. The van der Waals surface area contributed by atoms with Gasteiger partial charge in [-0.1, -0.05) is 0 Å². The van der Waals surface area contributed by atoms with Crippen LogP contribution in [0.4, 0.5) is 5.69 Å². The van der Waals surface area contributed by atoms with Gasteiger partial charge in [0.15, 0.2) is 11.5 Å². The SMILES string of the molecule is CCOC(=O)c1cc(OCC)c(OC(C)C)cc1N. The van der Waals surface area contributed by atoms with Crippen LogP contribution < -0.4 is 15.2 Å². The number of carbonyl (C=O) groups excluding carboxylic acids is 1. The van der Waals surface area contributed by atoms with Crippen LogP contribution in [0.5, 0.6) is 11.5 Å². The van der Waals surface area contributed by atoms with E-state index < -0.39 is 5.97 Å². The van der Waals surface area contributed by atoms with Crippen molar-refractivity contribution in [1.82, 2.24) is 0 Å². The van der Waals surface area contributed by atoms with Crippen LogP contribution in [-0.4, -0.2) is 25.3 Å². The van der Waals surface area contributed by atoms with Gasteiger partial charge in [-0.2, -0.15) is 0 Å². The number of ether oxygens (including phenoxy) is 3. The molecule has 19 heavy (non-hydrogen) atoms. The Morgan fingerprint density at radius 2 is 1.89 bits per heavy atom. The number of hydrogen-bond donors (Lipinski definition) is 1. The second-order valence-corrected chi connectivity index (χ2v) is 4.21. The van der Waals surface area contributed by atoms with Gasteiger partial charge in [-0.3, -0.25) is 0 Å². The third kappa shape index (κ3) is 4.05. The molecule has 0 fully saturated rings. The summed E-state index contributed by atoms with van der Waals surface area (Å²) in [6, 6.07) is 3.16. The summed E-state index contributed by atoms with van der Waals surface area (Å²) in [5, 5.41) is 0. The van der Waals surface area contributed by atoms with Gasteiger partial charge in [0.25, 0.3) is 0 Å². The molecule has 2 N–H and O–H groups in total. The highest BCUT2D eigenvalue weighted by Gasteiger charge is 2.17. The fourth-order valence-electron chi connectivity index (χ4n) is 1.58. The van der Waals surface area contributed by atoms with Crippen molar-refractivity contribution in [2.75, 3.05) is 18.9 Å². The molecular formula is C14H21NO4. The molecule has 0 heterocycles. The van der Waals surface area contributed by atoms with Crippen molar-refractivity contribution in [2.24, 2.45) is 0 Å². The number of carbonyl (C=O) groups is 1. The Balaban J connectivity index is 3.15. The molecule has 0 bridgehead atoms. The number of rotatable bonds is 6. The molecule has 0 spiro atoms. The van der Waals surface area contributed by atoms with E-state index in [0.29, 0.717) is 36.0 Å². The molecule has 5 heteroatoms. The van der Waals surface area contributed by atoms with Crippen LogP contribution in [0.3, 0.4) is 0 Å². The van der Waals surface area contributed by atoms with E-state index in [1.807, 2.05) is 20.8 Å². The molecule has 5 nitrogen and oxygen atoms in total. The highest BCUT2D eigenvalue weighted by molar-refractivity contribution is 5.96. The minimum atomic E-state index is -0.461. The molecule has 0 aliphatic heterocycles. The molecular weight excluding hydrogens is 246 g/mol. The molecule has 0 saturated heterocycles. The maximum atomic E-state index is 11.8. The largest absolute Gasteiger partial charge is 0.490 e. The quantitative estimate of drug-likeness (QED) is 0.633. The van der Waals surface area contributed by atoms with Crippen molar-refractivity contribution in [1.29, 1.82) is 0 Å². The highest BCUT2D eigenvalue weighted by atomic mass is 16.5. The molecule has 0 radical (unpaired) electrons. The van der Waals surface area contributed by atoms with Crippen molar-refractivity contribution < 1.29 is 19.0 Å². The standard InChI is InChI=1S/C14H21NO4/c1-5-17-12-7-10(14(16)18-6-2)11(15)8-13(12)19-9(3)4/h7-9H,5-6,15H2,1-4H3. The topological polar surface area (TPSA) is 70.8 Å². The van der Waals surface area contributed by atoms with Crippen LogP contribution in [0, 0.1) is 0 Å². The average Bonchev–Trinajstić information content (AvgIpc) is 2.32. The molecule has 0 unspecified atom stereocenters. The van der Waals surface area contributed by atoms with Gasteiger partial charge >= 0.3 is 5.97 Å². The van der Waals surface area contributed by atoms with Gasteiger partial charge in [-0.25, -0.2) is 4.79 Å². The zero-order chi connectivity index (χ0) is 14.4. The summed E-state index contributed by atoms with van der Waals surface area (Å²) in [5.74, 6) is 0.563. The predicted octanol–water partition coefficient (Wildman–Crippen LogP) is 2.63. The predicted molar refractivity (Wildman–Crippen MR) is 73.7 cm³/mol. The molecule has 0 aliphatic carbocycles. The van der Waals surface area contributed by atoms with Crippen LogP contribution in [0.2, 0.25) is 0 Å². The molecule has 106 valence electrons. The van der Waals surface area contributed by atoms with E-state index in [1.165, 1.54) is 0 Å². The number of hydrogen-bond acceptors (Lipinski definition) is 5. The van der Waals surface area contributed by atoms with Crippen LogP contribution in [0.25, 0.3) is 0 Å². The molecule has 0 amide bonds. The van der Waals surface area contributed by atoms with Gasteiger partial charge in [0.05, 0.1) is 30.6 Å². The molecule has 0 saturated carbocycles. The minimum Gasteiger partial charge on any atom is -0.490 e. The first-order valence-corrected chi connectivity index (χ1v) is 6.39. The van der Waals surface area contributed by atoms with Crippen LogP contribution >= 0.6 is 0 Å². The molecule has 1 rings (SSSR count). The zero-order valence-corrected chi connectivity index (χ0v) is 11.9. The summed E-state index contributed by atoms with van der Waals surface area (Å²) >= 11 is 0. The van der Waals surface area contributed by atoms with Gasteiger partial charge < -0.3 is 19.9 Å². The van der Waals surface area contributed by atoms with Gasteiger partial charge in [0, 0.05) is 12.1 Å². The van der Waals surface area contributed by atoms with E-state index in [2.05, 4.69) is 0 Å². The van der Waals surface area contributed by atoms with E-state index >= 15 is 0 Å². The van der Waals surface area contributed by atoms with Crippen molar-refractivity contribution in [2.45, 2.75) is 33.8 Å². The fourth-order valence-corrected chi connectivity index (χ4v) is 1.58. The summed E-state index contributed by atoms with van der Waals surface area (Å²) in [6.07, 6.45) is -0.00736. The summed E-state index contributed by atoms with van der Waals surface area (Å²) in [6.45, 7) is 8.19. The number of esters is 1. The van der Waals surface area contributed by atoms with E-state index in [1.54, 1.807) is 19.1 Å². The van der Waals surface area contributed by atoms with Gasteiger partial charge in [0.1, 0.15) is 0 Å². The van der Waals surface area contributed by atoms with Crippen molar-refractivity contribution in [3.63, 3.8) is 0 Å². The first kappa shape index (κ1) is 15.1. The van der Waals surface area contributed by atoms with Gasteiger partial charge in [0.2, 0.25) is 0 Å². The van der Waals surface area contributed by atoms with E-state index in [4.69, 9.17) is 19.9 Å². The normalized spacial score (nSPS) is 10.4. The summed E-state index contributed by atoms with van der Waals surface area (Å²) < 4.78 is 16.0. The van der Waals surface area contributed by atoms with Crippen molar-refractivity contribution in [3.8, 4) is 11.5 Å². The number of nitrogens with two attached hydrogens (primary N) is 1. The Labute approximate surface area is 113 Å². The molecule has 0 aliphatic rings. The van der Waals surface area contributed by atoms with Crippen LogP contribution in [0.1, 0.15) is 38.1 Å². The Morgan fingerprint density at radius 3 is 2.42 bits per heavy atom. The summed E-state index contributed by atoms with van der Waals surface area (Å²) in [5.41, 5.74) is 6.47. The maximum absolute atomic E-state index is 11.8. The number of benzene rings is 1. The lowest BCUT2D eigenvalue weighted by Gasteiger charge is -2.16. The molecule has 0 aromatic heterocycles. The van der Waals surface area contributed by atoms with Crippen LogP contribution in [-0.2, 0) is 4.74 Å². The molecule has 1 aromatic carbocycles. The first-order chi connectivity index (χ1) is 8.99. The Hall–Kier alpha value is -1.91. The zero-order valence-electron chi connectivity index (χ0n) is 11.9. The smallest absolute Gasteiger partial charge is 0.340 e. The Morgan fingerprint density at radius 1 is 1.21 bits per heavy atom. The lowest BCUT2D eigenvalue weighted by molar-refractivity contribution is 0.0527. The highest BCUT2D eigenvalue weighted by Crippen LogP contribution is 2.33. The monoisotopic (exact) mass is 267 g/mol. The van der Waals surface area contributed by atoms with Gasteiger partial charge in [-0.05, 0) is 27.7 Å². The molecule has 1 aromatic rings. The Bertz CT molecular complexity index is 443. The minimum absolute atomic E-state index is 0.00736. The van der Waals surface area contributed by atoms with E-state index in [-0.39, 0.29) is 6.10 Å².